The largest absolute Gasteiger partial charge is 1.00 e. The molecule has 84 valence electrons. The van der Waals surface area contributed by atoms with Crippen LogP contribution in [0.1, 0.15) is 46.0 Å². The maximum absolute atomic E-state index is 10.8. The lowest BCUT2D eigenvalue weighted by Crippen LogP contribution is -3.00. The van der Waals surface area contributed by atoms with E-state index in [0.29, 0.717) is 6.04 Å². The number of amides is 1. The first-order chi connectivity index (χ1) is 6.27. The van der Waals surface area contributed by atoms with Gasteiger partial charge in [-0.3, -0.25) is 4.79 Å². The van der Waals surface area contributed by atoms with Crippen LogP contribution in [0, 0.1) is 5.92 Å². The Morgan fingerprint density at radius 1 is 1.29 bits per heavy atom. The number of hydrogen-bond acceptors (Lipinski definition) is 1. The first kappa shape index (κ1) is 13.8. The molecule has 0 spiro atoms. The Morgan fingerprint density at radius 3 is 2.29 bits per heavy atom. The molecule has 0 aromatic rings. The van der Waals surface area contributed by atoms with E-state index in [4.69, 9.17) is 0 Å². The van der Waals surface area contributed by atoms with E-state index in [-0.39, 0.29) is 12.4 Å². The van der Waals surface area contributed by atoms with Gasteiger partial charge in [0.25, 0.3) is 0 Å². The van der Waals surface area contributed by atoms with Crippen LogP contribution in [-0.4, -0.2) is 23.9 Å². The van der Waals surface area contributed by atoms with Crippen molar-refractivity contribution in [1.29, 1.82) is 0 Å². The zero-order chi connectivity index (χ0) is 9.68. The fourth-order valence-electron chi connectivity index (χ4n) is 2.15. The lowest BCUT2D eigenvalue weighted by Gasteiger charge is -2.33. The van der Waals surface area contributed by atoms with Gasteiger partial charge in [-0.1, -0.05) is 13.8 Å². The molecule has 14 heavy (non-hydrogen) atoms. The minimum atomic E-state index is 0. The second-order valence-electron chi connectivity index (χ2n) is 4.26. The summed E-state index contributed by atoms with van der Waals surface area (Å²) in [5, 5.41) is 0. The molecule has 2 nitrogen and oxygen atoms in total. The van der Waals surface area contributed by atoms with Crippen molar-refractivity contribution in [2.75, 3.05) is 6.54 Å². The summed E-state index contributed by atoms with van der Waals surface area (Å²) in [6, 6.07) is 0.536. The van der Waals surface area contributed by atoms with E-state index in [1.807, 2.05) is 4.90 Å². The SMILES string of the molecule is CCCN(C=O)C1CCC(C)CC1.[Cl-]. The summed E-state index contributed by atoms with van der Waals surface area (Å²) in [4.78, 5) is 12.8. The Bertz CT molecular complexity index is 155. The van der Waals surface area contributed by atoms with Crippen LogP contribution in [0.2, 0.25) is 0 Å². The van der Waals surface area contributed by atoms with Crippen molar-refractivity contribution in [3.63, 3.8) is 0 Å². The van der Waals surface area contributed by atoms with Gasteiger partial charge in [0.2, 0.25) is 6.41 Å². The second kappa shape index (κ2) is 7.10. The summed E-state index contributed by atoms with van der Waals surface area (Å²) in [7, 11) is 0. The molecular formula is C11H21ClNO-. The fraction of sp³-hybridized carbons (Fsp3) is 0.909. The van der Waals surface area contributed by atoms with Crippen molar-refractivity contribution in [2.45, 2.75) is 52.0 Å². The molecule has 0 aliphatic heterocycles. The fourth-order valence-corrected chi connectivity index (χ4v) is 2.15. The minimum Gasteiger partial charge on any atom is -1.00 e. The van der Waals surface area contributed by atoms with Crippen molar-refractivity contribution in [1.82, 2.24) is 4.90 Å². The molecule has 1 aliphatic rings. The Balaban J connectivity index is 0.00000169. The Morgan fingerprint density at radius 2 is 1.86 bits per heavy atom. The molecule has 0 bridgehead atoms. The van der Waals surface area contributed by atoms with Crippen molar-refractivity contribution < 1.29 is 17.2 Å². The first-order valence-electron chi connectivity index (χ1n) is 5.49. The number of halogens is 1. The molecule has 3 heteroatoms. The number of carbonyl (C=O) groups is 1. The van der Waals surface area contributed by atoms with Crippen molar-refractivity contribution in [2.24, 2.45) is 5.92 Å². The molecule has 1 saturated carbocycles. The zero-order valence-corrected chi connectivity index (χ0v) is 9.96. The van der Waals surface area contributed by atoms with Crippen LogP contribution >= 0.6 is 0 Å². The highest BCUT2D eigenvalue weighted by Gasteiger charge is 2.22. The van der Waals surface area contributed by atoms with E-state index in [9.17, 15) is 4.79 Å². The normalized spacial score (nSPS) is 26.4. The number of nitrogens with zero attached hydrogens (tertiary/aromatic N) is 1. The van der Waals surface area contributed by atoms with Crippen molar-refractivity contribution in [3.8, 4) is 0 Å². The van der Waals surface area contributed by atoms with Crippen LogP contribution in [-0.2, 0) is 4.79 Å². The standard InChI is InChI=1S/C11H21NO.ClH/c1-3-8-12(9-13)11-6-4-10(2)5-7-11;/h9-11H,3-8H2,1-2H3;1H/p-1. The van der Waals surface area contributed by atoms with Crippen LogP contribution in [0.5, 0.6) is 0 Å². The van der Waals surface area contributed by atoms with Gasteiger partial charge in [0.15, 0.2) is 0 Å². The third-order valence-electron chi connectivity index (χ3n) is 3.07. The topological polar surface area (TPSA) is 20.3 Å². The molecular weight excluding hydrogens is 198 g/mol. The third-order valence-corrected chi connectivity index (χ3v) is 3.07. The molecule has 1 fully saturated rings. The minimum absolute atomic E-state index is 0. The number of rotatable bonds is 4. The number of carbonyl (C=O) groups excluding carboxylic acids is 1. The van der Waals surface area contributed by atoms with Crippen molar-refractivity contribution >= 4 is 6.41 Å². The molecule has 1 amide bonds. The maximum atomic E-state index is 10.8. The molecule has 0 aromatic carbocycles. The average molecular weight is 219 g/mol. The lowest BCUT2D eigenvalue weighted by molar-refractivity contribution is -0.121. The van der Waals surface area contributed by atoms with Crippen LogP contribution in [0.25, 0.3) is 0 Å². The third kappa shape index (κ3) is 3.87. The van der Waals surface area contributed by atoms with Gasteiger partial charge in [0.05, 0.1) is 0 Å². The van der Waals surface area contributed by atoms with Gasteiger partial charge >= 0.3 is 0 Å². The Kier molecular flexibility index (Phi) is 6.98. The van der Waals surface area contributed by atoms with Crippen molar-refractivity contribution in [3.05, 3.63) is 0 Å². The second-order valence-corrected chi connectivity index (χ2v) is 4.26. The maximum Gasteiger partial charge on any atom is 0.209 e. The van der Waals surface area contributed by atoms with E-state index in [0.717, 1.165) is 25.3 Å². The Labute approximate surface area is 93.5 Å². The summed E-state index contributed by atoms with van der Waals surface area (Å²) in [6.45, 7) is 5.37. The molecule has 1 aliphatic carbocycles. The van der Waals surface area contributed by atoms with E-state index < -0.39 is 0 Å². The smallest absolute Gasteiger partial charge is 0.209 e. The highest BCUT2D eigenvalue weighted by Crippen LogP contribution is 2.26. The predicted molar refractivity (Wildman–Crippen MR) is 54.5 cm³/mol. The molecule has 0 aromatic heterocycles. The van der Waals surface area contributed by atoms with Gasteiger partial charge in [-0.25, -0.2) is 0 Å². The van der Waals surface area contributed by atoms with Gasteiger partial charge in [-0.15, -0.1) is 0 Å². The molecule has 0 saturated heterocycles. The van der Waals surface area contributed by atoms with E-state index in [1.165, 1.54) is 25.7 Å². The van der Waals surface area contributed by atoms with Crippen LogP contribution in [0.3, 0.4) is 0 Å². The quantitative estimate of drug-likeness (QED) is 0.580. The Hall–Kier alpha value is -0.240. The first-order valence-corrected chi connectivity index (χ1v) is 5.49. The van der Waals surface area contributed by atoms with Gasteiger partial charge in [-0.05, 0) is 38.0 Å². The van der Waals surface area contributed by atoms with Gasteiger partial charge < -0.3 is 17.3 Å². The summed E-state index contributed by atoms with van der Waals surface area (Å²) in [5.74, 6) is 0.867. The van der Waals surface area contributed by atoms with E-state index in [1.54, 1.807) is 0 Å². The molecule has 0 radical (unpaired) electrons. The number of hydrogen-bond donors (Lipinski definition) is 0. The highest BCUT2D eigenvalue weighted by molar-refractivity contribution is 5.47. The van der Waals surface area contributed by atoms with Crippen LogP contribution in [0.4, 0.5) is 0 Å². The van der Waals surface area contributed by atoms with E-state index >= 15 is 0 Å². The van der Waals surface area contributed by atoms with E-state index in [2.05, 4.69) is 13.8 Å². The monoisotopic (exact) mass is 218 g/mol. The van der Waals surface area contributed by atoms with Gasteiger partial charge in [0.1, 0.15) is 0 Å². The summed E-state index contributed by atoms with van der Waals surface area (Å²) >= 11 is 0. The lowest BCUT2D eigenvalue weighted by atomic mass is 9.87. The molecule has 0 atom stereocenters. The van der Waals surface area contributed by atoms with Gasteiger partial charge in [0, 0.05) is 12.6 Å². The molecule has 1 rings (SSSR count). The zero-order valence-electron chi connectivity index (χ0n) is 9.21. The molecule has 0 heterocycles. The average Bonchev–Trinajstić information content (AvgIpc) is 2.16. The molecule has 0 unspecified atom stereocenters. The van der Waals surface area contributed by atoms with Gasteiger partial charge in [-0.2, -0.15) is 0 Å². The molecule has 0 N–H and O–H groups in total. The predicted octanol–water partition coefficient (Wildman–Crippen LogP) is -0.562. The highest BCUT2D eigenvalue weighted by atomic mass is 35.5. The summed E-state index contributed by atoms with van der Waals surface area (Å²) in [6.07, 6.45) is 7.10. The van der Waals surface area contributed by atoms with Crippen LogP contribution in [0.15, 0.2) is 0 Å². The summed E-state index contributed by atoms with van der Waals surface area (Å²) < 4.78 is 0. The van der Waals surface area contributed by atoms with Crippen LogP contribution < -0.4 is 12.4 Å². The summed E-state index contributed by atoms with van der Waals surface area (Å²) in [5.41, 5.74) is 0.